The van der Waals surface area contributed by atoms with Gasteiger partial charge in [-0.3, -0.25) is 4.68 Å². The monoisotopic (exact) mass is 261 g/mol. The molecule has 1 unspecified atom stereocenters. The number of rotatable bonds is 4. The molecule has 1 aromatic rings. The largest absolute Gasteiger partial charge is 0.390 e. The van der Waals surface area contributed by atoms with Crippen molar-refractivity contribution in [1.82, 2.24) is 9.78 Å². The molecular formula is C12H18F3N3. The second kappa shape index (κ2) is 5.30. The van der Waals surface area contributed by atoms with E-state index in [0.29, 0.717) is 11.7 Å². The molecule has 2 N–H and O–H groups in total. The van der Waals surface area contributed by atoms with Gasteiger partial charge in [0.15, 0.2) is 0 Å². The Morgan fingerprint density at radius 1 is 1.39 bits per heavy atom. The van der Waals surface area contributed by atoms with Gasteiger partial charge in [0.05, 0.1) is 18.2 Å². The molecule has 1 aromatic heterocycles. The fourth-order valence-corrected chi connectivity index (χ4v) is 2.50. The Labute approximate surface area is 104 Å². The van der Waals surface area contributed by atoms with E-state index in [1.54, 1.807) is 6.07 Å². The summed E-state index contributed by atoms with van der Waals surface area (Å²) in [5, 5.41) is 4.33. The lowest BCUT2D eigenvalue weighted by atomic mass is 10.1. The Hall–Kier alpha value is -1.04. The van der Waals surface area contributed by atoms with Crippen molar-refractivity contribution in [2.24, 2.45) is 5.73 Å². The number of hydrogen-bond donors (Lipinski definition) is 1. The molecule has 0 spiro atoms. The summed E-state index contributed by atoms with van der Waals surface area (Å²) in [4.78, 5) is 0. The number of alkyl halides is 3. The van der Waals surface area contributed by atoms with Crippen molar-refractivity contribution in [3.05, 3.63) is 18.0 Å². The Bertz CT molecular complexity index is 380. The highest BCUT2D eigenvalue weighted by molar-refractivity contribution is 5.02. The van der Waals surface area contributed by atoms with Gasteiger partial charge >= 0.3 is 6.18 Å². The van der Waals surface area contributed by atoms with Gasteiger partial charge < -0.3 is 5.73 Å². The van der Waals surface area contributed by atoms with Gasteiger partial charge in [-0.15, -0.1) is 0 Å². The van der Waals surface area contributed by atoms with E-state index in [1.165, 1.54) is 12.8 Å². The second-order valence-electron chi connectivity index (χ2n) is 5.01. The Balaban J connectivity index is 1.90. The summed E-state index contributed by atoms with van der Waals surface area (Å²) in [5.74, 6) is 0. The van der Waals surface area contributed by atoms with Crippen LogP contribution in [0.4, 0.5) is 13.2 Å². The molecule has 0 aromatic carbocycles. The Kier molecular flexibility index (Phi) is 3.94. The van der Waals surface area contributed by atoms with Gasteiger partial charge in [0, 0.05) is 18.7 Å². The molecule has 0 radical (unpaired) electrons. The van der Waals surface area contributed by atoms with Crippen molar-refractivity contribution in [2.45, 2.75) is 56.8 Å². The number of nitrogens with zero attached hydrogens (tertiary/aromatic N) is 2. The van der Waals surface area contributed by atoms with Crippen molar-refractivity contribution < 1.29 is 13.2 Å². The molecule has 0 bridgehead atoms. The van der Waals surface area contributed by atoms with Gasteiger partial charge in [-0.1, -0.05) is 12.8 Å². The van der Waals surface area contributed by atoms with Crippen LogP contribution >= 0.6 is 0 Å². The van der Waals surface area contributed by atoms with E-state index in [-0.39, 0.29) is 6.42 Å². The van der Waals surface area contributed by atoms with Crippen LogP contribution in [0.25, 0.3) is 0 Å². The zero-order valence-electron chi connectivity index (χ0n) is 10.2. The molecule has 18 heavy (non-hydrogen) atoms. The first-order valence-electron chi connectivity index (χ1n) is 6.30. The highest BCUT2D eigenvalue weighted by Crippen LogP contribution is 2.29. The molecule has 0 amide bonds. The van der Waals surface area contributed by atoms with E-state index in [9.17, 15) is 13.2 Å². The maximum absolute atomic E-state index is 12.2. The van der Waals surface area contributed by atoms with Crippen molar-refractivity contribution in [1.29, 1.82) is 0 Å². The van der Waals surface area contributed by atoms with Gasteiger partial charge in [0.25, 0.3) is 0 Å². The van der Waals surface area contributed by atoms with Crippen LogP contribution in [0.2, 0.25) is 0 Å². The van der Waals surface area contributed by atoms with Gasteiger partial charge in [-0.25, -0.2) is 0 Å². The minimum absolute atomic E-state index is 0.180. The molecule has 1 aliphatic carbocycles. The third-order valence-corrected chi connectivity index (χ3v) is 3.33. The first-order valence-corrected chi connectivity index (χ1v) is 6.30. The van der Waals surface area contributed by atoms with Crippen LogP contribution in [0, 0.1) is 0 Å². The highest BCUT2D eigenvalue weighted by Gasteiger charge is 2.30. The lowest BCUT2D eigenvalue weighted by Gasteiger charge is -2.13. The predicted octanol–water partition coefficient (Wildman–Crippen LogP) is 2.82. The summed E-state index contributed by atoms with van der Waals surface area (Å²) >= 11 is 0. The molecule has 1 saturated carbocycles. The number of hydrogen-bond acceptors (Lipinski definition) is 2. The summed E-state index contributed by atoms with van der Waals surface area (Å²) in [6.07, 6.45) is 1.49. The SMILES string of the molecule is NC(Cc1ccn(C2CCCC2)n1)CC(F)(F)F. The van der Waals surface area contributed by atoms with Crippen molar-refractivity contribution in [3.8, 4) is 0 Å². The molecule has 6 heteroatoms. The fraction of sp³-hybridized carbons (Fsp3) is 0.750. The third-order valence-electron chi connectivity index (χ3n) is 3.33. The molecule has 1 atom stereocenters. The molecule has 1 aliphatic rings. The van der Waals surface area contributed by atoms with Crippen LogP contribution in [0.1, 0.15) is 43.8 Å². The first-order chi connectivity index (χ1) is 8.44. The third kappa shape index (κ3) is 3.73. The van der Waals surface area contributed by atoms with Crippen LogP contribution in [-0.2, 0) is 6.42 Å². The maximum atomic E-state index is 12.2. The smallest absolute Gasteiger partial charge is 0.327 e. The molecular weight excluding hydrogens is 243 g/mol. The van der Waals surface area contributed by atoms with Crippen LogP contribution < -0.4 is 5.73 Å². The van der Waals surface area contributed by atoms with E-state index < -0.39 is 18.6 Å². The molecule has 1 heterocycles. The van der Waals surface area contributed by atoms with E-state index >= 15 is 0 Å². The summed E-state index contributed by atoms with van der Waals surface area (Å²) in [6, 6.07) is 1.28. The lowest BCUT2D eigenvalue weighted by molar-refractivity contribution is -0.138. The minimum Gasteiger partial charge on any atom is -0.327 e. The van der Waals surface area contributed by atoms with Gasteiger partial charge in [0.2, 0.25) is 0 Å². The summed E-state index contributed by atoms with van der Waals surface area (Å²) < 4.78 is 38.3. The van der Waals surface area contributed by atoms with Crippen molar-refractivity contribution in [3.63, 3.8) is 0 Å². The Morgan fingerprint density at radius 3 is 2.67 bits per heavy atom. The fourth-order valence-electron chi connectivity index (χ4n) is 2.50. The van der Waals surface area contributed by atoms with Crippen LogP contribution in [-0.4, -0.2) is 22.0 Å². The normalized spacial score (nSPS) is 19.3. The van der Waals surface area contributed by atoms with E-state index in [0.717, 1.165) is 12.8 Å². The standard InChI is InChI=1S/C12H18F3N3/c13-12(14,15)8-9(16)7-10-5-6-18(17-10)11-3-1-2-4-11/h5-6,9,11H,1-4,7-8,16H2. The van der Waals surface area contributed by atoms with E-state index in [1.807, 2.05) is 10.9 Å². The summed E-state index contributed by atoms with van der Waals surface area (Å²) in [6.45, 7) is 0. The Morgan fingerprint density at radius 2 is 2.06 bits per heavy atom. The predicted molar refractivity (Wildman–Crippen MR) is 62.1 cm³/mol. The lowest BCUT2D eigenvalue weighted by Crippen LogP contribution is -2.29. The van der Waals surface area contributed by atoms with Crippen molar-refractivity contribution >= 4 is 0 Å². The highest BCUT2D eigenvalue weighted by atomic mass is 19.4. The van der Waals surface area contributed by atoms with Crippen LogP contribution in [0.3, 0.4) is 0 Å². The van der Waals surface area contributed by atoms with E-state index in [2.05, 4.69) is 5.10 Å². The number of nitrogens with two attached hydrogens (primary N) is 1. The molecule has 1 fully saturated rings. The molecule has 102 valence electrons. The van der Waals surface area contributed by atoms with Crippen LogP contribution in [0.5, 0.6) is 0 Å². The average molecular weight is 261 g/mol. The summed E-state index contributed by atoms with van der Waals surface area (Å²) in [7, 11) is 0. The van der Waals surface area contributed by atoms with Crippen molar-refractivity contribution in [2.75, 3.05) is 0 Å². The van der Waals surface area contributed by atoms with Gasteiger partial charge in [-0.2, -0.15) is 18.3 Å². The zero-order chi connectivity index (χ0) is 13.2. The van der Waals surface area contributed by atoms with Gasteiger partial charge in [0.1, 0.15) is 0 Å². The van der Waals surface area contributed by atoms with Gasteiger partial charge in [-0.05, 0) is 18.9 Å². The van der Waals surface area contributed by atoms with E-state index in [4.69, 9.17) is 5.73 Å². The maximum Gasteiger partial charge on any atom is 0.390 e. The second-order valence-corrected chi connectivity index (χ2v) is 5.01. The molecule has 0 aliphatic heterocycles. The topological polar surface area (TPSA) is 43.8 Å². The minimum atomic E-state index is -4.20. The number of halogens is 3. The average Bonchev–Trinajstić information content (AvgIpc) is 2.82. The zero-order valence-corrected chi connectivity index (χ0v) is 10.2. The molecule has 2 rings (SSSR count). The first kappa shape index (κ1) is 13.4. The molecule has 3 nitrogen and oxygen atoms in total. The number of aromatic nitrogens is 2. The van der Waals surface area contributed by atoms with Crippen LogP contribution in [0.15, 0.2) is 12.3 Å². The molecule has 0 saturated heterocycles. The quantitative estimate of drug-likeness (QED) is 0.905. The summed E-state index contributed by atoms with van der Waals surface area (Å²) in [5.41, 5.74) is 6.14.